The Morgan fingerprint density at radius 1 is 1.12 bits per heavy atom. The molecule has 1 saturated heterocycles. The van der Waals surface area contributed by atoms with E-state index in [0.29, 0.717) is 13.0 Å². The summed E-state index contributed by atoms with van der Waals surface area (Å²) in [7, 11) is -3.96. The molecular weight excluding hydrogens is 343 g/mol. The van der Waals surface area contributed by atoms with Crippen LogP contribution < -0.4 is 9.62 Å². The zero-order chi connectivity index (χ0) is 18.2. The van der Waals surface area contributed by atoms with Gasteiger partial charge in [0.2, 0.25) is 15.9 Å². The molecule has 132 valence electrons. The molecule has 0 aromatic heterocycles. The molecule has 1 amide bonds. The molecule has 25 heavy (non-hydrogen) atoms. The third kappa shape index (κ3) is 3.72. The summed E-state index contributed by atoms with van der Waals surface area (Å²) in [6.45, 7) is 4.32. The largest absolute Gasteiger partial charge is 0.311 e. The normalized spacial score (nSPS) is 18.0. The summed E-state index contributed by atoms with van der Waals surface area (Å²) in [6, 6.07) is 9.67. The molecule has 1 heterocycles. The second-order valence-electron chi connectivity index (χ2n) is 6.26. The quantitative estimate of drug-likeness (QED) is 0.909. The van der Waals surface area contributed by atoms with Gasteiger partial charge in [0.1, 0.15) is 11.9 Å². The van der Waals surface area contributed by atoms with E-state index in [-0.39, 0.29) is 10.8 Å². The highest BCUT2D eigenvalue weighted by molar-refractivity contribution is 7.89. The maximum Gasteiger partial charge on any atom is 0.245 e. The van der Waals surface area contributed by atoms with Gasteiger partial charge in [0.05, 0.1) is 4.90 Å². The highest BCUT2D eigenvalue weighted by Crippen LogP contribution is 2.25. The Labute approximate surface area is 146 Å². The lowest BCUT2D eigenvalue weighted by Gasteiger charge is -2.18. The third-order valence-electron chi connectivity index (χ3n) is 4.13. The first-order chi connectivity index (χ1) is 11.8. The van der Waals surface area contributed by atoms with Crippen LogP contribution in [0.2, 0.25) is 0 Å². The first-order valence-electron chi connectivity index (χ1n) is 7.94. The molecule has 1 N–H and O–H groups in total. The van der Waals surface area contributed by atoms with E-state index in [0.717, 1.165) is 22.9 Å². The van der Waals surface area contributed by atoms with Crippen LogP contribution in [0.4, 0.5) is 10.1 Å². The van der Waals surface area contributed by atoms with E-state index in [1.54, 1.807) is 4.90 Å². The van der Waals surface area contributed by atoms with Gasteiger partial charge in [-0.2, -0.15) is 4.72 Å². The molecule has 0 spiro atoms. The van der Waals surface area contributed by atoms with Gasteiger partial charge in [0.25, 0.3) is 0 Å². The molecule has 2 aromatic rings. The second-order valence-corrected chi connectivity index (χ2v) is 7.97. The Bertz CT molecular complexity index is 907. The molecule has 1 atom stereocenters. The van der Waals surface area contributed by atoms with Gasteiger partial charge in [-0.1, -0.05) is 12.1 Å². The van der Waals surface area contributed by atoms with Crippen molar-refractivity contribution in [1.82, 2.24) is 4.72 Å². The van der Waals surface area contributed by atoms with Gasteiger partial charge in [-0.15, -0.1) is 0 Å². The molecule has 2 aromatic carbocycles. The molecule has 7 heteroatoms. The monoisotopic (exact) mass is 362 g/mol. The maximum atomic E-state index is 13.3. The number of hydrogen-bond donors (Lipinski definition) is 1. The number of rotatable bonds is 4. The fourth-order valence-corrected chi connectivity index (χ4v) is 4.30. The van der Waals surface area contributed by atoms with Crippen molar-refractivity contribution < 1.29 is 17.6 Å². The summed E-state index contributed by atoms with van der Waals surface area (Å²) < 4.78 is 40.4. The minimum absolute atomic E-state index is 0.190. The van der Waals surface area contributed by atoms with Crippen LogP contribution in [0.5, 0.6) is 0 Å². The van der Waals surface area contributed by atoms with Crippen LogP contribution in [0.1, 0.15) is 17.5 Å². The first-order valence-corrected chi connectivity index (χ1v) is 9.42. The highest BCUT2D eigenvalue weighted by Gasteiger charge is 2.35. The van der Waals surface area contributed by atoms with Crippen LogP contribution in [0, 0.1) is 19.7 Å². The highest BCUT2D eigenvalue weighted by atomic mass is 32.2. The van der Waals surface area contributed by atoms with E-state index in [1.165, 1.54) is 18.2 Å². The molecule has 0 radical (unpaired) electrons. The predicted molar refractivity (Wildman–Crippen MR) is 93.4 cm³/mol. The summed E-state index contributed by atoms with van der Waals surface area (Å²) >= 11 is 0. The van der Waals surface area contributed by atoms with Crippen molar-refractivity contribution in [2.24, 2.45) is 0 Å². The number of carbonyl (C=O) groups is 1. The van der Waals surface area contributed by atoms with Gasteiger partial charge < -0.3 is 4.90 Å². The lowest BCUT2D eigenvalue weighted by Crippen LogP contribution is -2.41. The van der Waals surface area contributed by atoms with Crippen molar-refractivity contribution in [2.75, 3.05) is 11.4 Å². The zero-order valence-corrected chi connectivity index (χ0v) is 14.8. The molecular formula is C18H19FN2O3S. The SMILES string of the molecule is Cc1cc(C)cc(N2CC[C@@H](NS(=O)(=O)c3cccc(F)c3)C2=O)c1. The fourth-order valence-electron chi connectivity index (χ4n) is 3.04. The third-order valence-corrected chi connectivity index (χ3v) is 5.60. The van der Waals surface area contributed by atoms with Gasteiger partial charge in [0.15, 0.2) is 0 Å². The Balaban J connectivity index is 1.80. The average Bonchev–Trinajstić information content (AvgIpc) is 2.87. The Hall–Kier alpha value is -2.25. The number of nitrogens with one attached hydrogen (secondary N) is 1. The van der Waals surface area contributed by atoms with Crippen molar-refractivity contribution >= 4 is 21.6 Å². The summed E-state index contributed by atoms with van der Waals surface area (Å²) in [5.74, 6) is -0.942. The molecule has 0 unspecified atom stereocenters. The molecule has 1 aliphatic rings. The number of benzene rings is 2. The van der Waals surface area contributed by atoms with Gasteiger partial charge in [-0.3, -0.25) is 4.79 Å². The Morgan fingerprint density at radius 2 is 1.80 bits per heavy atom. The zero-order valence-electron chi connectivity index (χ0n) is 14.0. The number of nitrogens with zero attached hydrogens (tertiary/aromatic N) is 1. The van der Waals surface area contributed by atoms with E-state index in [1.807, 2.05) is 32.0 Å². The maximum absolute atomic E-state index is 13.3. The lowest BCUT2D eigenvalue weighted by molar-refractivity contribution is -0.118. The molecule has 1 fully saturated rings. The van der Waals surface area contributed by atoms with Gasteiger partial charge in [0, 0.05) is 12.2 Å². The first kappa shape index (κ1) is 17.6. The van der Waals surface area contributed by atoms with Crippen molar-refractivity contribution in [3.05, 3.63) is 59.4 Å². The average molecular weight is 362 g/mol. The van der Waals surface area contributed by atoms with Gasteiger partial charge in [-0.05, 0) is 61.7 Å². The molecule has 0 saturated carbocycles. The van der Waals surface area contributed by atoms with Crippen LogP contribution in [0.15, 0.2) is 47.4 Å². The lowest BCUT2D eigenvalue weighted by atomic mass is 10.1. The minimum Gasteiger partial charge on any atom is -0.311 e. The summed E-state index contributed by atoms with van der Waals surface area (Å²) in [5.41, 5.74) is 2.83. The van der Waals surface area contributed by atoms with Crippen LogP contribution in [0.25, 0.3) is 0 Å². The number of sulfonamides is 1. The number of halogens is 1. The number of anilines is 1. The smallest absolute Gasteiger partial charge is 0.245 e. The van der Waals surface area contributed by atoms with Crippen LogP contribution in [-0.2, 0) is 14.8 Å². The van der Waals surface area contributed by atoms with Crippen molar-refractivity contribution in [3.63, 3.8) is 0 Å². The molecule has 5 nitrogen and oxygen atoms in total. The van der Waals surface area contributed by atoms with E-state index >= 15 is 0 Å². The van der Waals surface area contributed by atoms with E-state index in [2.05, 4.69) is 4.72 Å². The molecule has 0 bridgehead atoms. The Kier molecular flexibility index (Phi) is 4.62. The molecule has 1 aliphatic heterocycles. The van der Waals surface area contributed by atoms with Crippen LogP contribution in [0.3, 0.4) is 0 Å². The number of carbonyl (C=O) groups excluding carboxylic acids is 1. The van der Waals surface area contributed by atoms with Gasteiger partial charge in [-0.25, -0.2) is 12.8 Å². The topological polar surface area (TPSA) is 66.5 Å². The van der Waals surface area contributed by atoms with Crippen molar-refractivity contribution in [1.29, 1.82) is 0 Å². The molecule has 3 rings (SSSR count). The van der Waals surface area contributed by atoms with Crippen molar-refractivity contribution in [2.45, 2.75) is 31.2 Å². The number of amides is 1. The summed E-state index contributed by atoms with van der Waals surface area (Å²) in [6.07, 6.45) is 0.361. The van der Waals surface area contributed by atoms with E-state index in [9.17, 15) is 17.6 Å². The van der Waals surface area contributed by atoms with Gasteiger partial charge >= 0.3 is 0 Å². The number of aryl methyl sites for hydroxylation is 2. The Morgan fingerprint density at radius 3 is 2.44 bits per heavy atom. The fraction of sp³-hybridized carbons (Fsp3) is 0.278. The van der Waals surface area contributed by atoms with Crippen molar-refractivity contribution in [3.8, 4) is 0 Å². The van der Waals surface area contributed by atoms with Crippen LogP contribution in [-0.4, -0.2) is 26.9 Å². The second kappa shape index (κ2) is 6.57. The summed E-state index contributed by atoms with van der Waals surface area (Å²) in [5, 5.41) is 0. The molecule has 0 aliphatic carbocycles. The standard InChI is InChI=1S/C18H19FN2O3S/c1-12-8-13(2)10-15(9-12)21-7-6-17(18(21)22)20-25(23,24)16-5-3-4-14(19)11-16/h3-5,8-11,17,20H,6-7H2,1-2H3/t17-/m1/s1. The van der Waals surface area contributed by atoms with E-state index < -0.39 is 21.9 Å². The van der Waals surface area contributed by atoms with Crippen LogP contribution >= 0.6 is 0 Å². The number of hydrogen-bond acceptors (Lipinski definition) is 3. The predicted octanol–water partition coefficient (Wildman–Crippen LogP) is 2.53. The van der Waals surface area contributed by atoms with E-state index in [4.69, 9.17) is 0 Å². The summed E-state index contributed by atoms with van der Waals surface area (Å²) in [4.78, 5) is 14.0. The minimum atomic E-state index is -3.96.